The summed E-state index contributed by atoms with van der Waals surface area (Å²) < 4.78 is 0. The van der Waals surface area contributed by atoms with E-state index in [2.05, 4.69) is 17.4 Å². The van der Waals surface area contributed by atoms with Crippen molar-refractivity contribution in [3.05, 3.63) is 34.9 Å². The molecule has 0 radical (unpaired) electrons. The zero-order valence-electron chi connectivity index (χ0n) is 12.5. The van der Waals surface area contributed by atoms with E-state index in [9.17, 15) is 0 Å². The quantitative estimate of drug-likeness (QED) is 0.807. The van der Waals surface area contributed by atoms with Crippen molar-refractivity contribution in [1.82, 2.24) is 0 Å². The van der Waals surface area contributed by atoms with E-state index in [1.165, 1.54) is 50.6 Å². The van der Waals surface area contributed by atoms with Gasteiger partial charge in [-0.3, -0.25) is 0 Å². The van der Waals surface area contributed by atoms with E-state index in [0.29, 0.717) is 5.41 Å². The van der Waals surface area contributed by atoms with E-state index < -0.39 is 0 Å². The summed E-state index contributed by atoms with van der Waals surface area (Å²) in [5.74, 6) is 1.82. The maximum Gasteiger partial charge on any atom is 0.101 e. The van der Waals surface area contributed by atoms with Gasteiger partial charge in [-0.25, -0.2) is 0 Å². The molecule has 4 bridgehead atoms. The van der Waals surface area contributed by atoms with Crippen LogP contribution in [0.4, 0.5) is 0 Å². The maximum atomic E-state index is 6.91. The Bertz CT molecular complexity index is 511. The lowest BCUT2D eigenvalue weighted by Gasteiger charge is -2.59. The molecule has 21 heavy (non-hydrogen) atoms. The number of benzene rings is 1. The monoisotopic (exact) mass is 324 g/mol. The largest absolute Gasteiger partial charge is 0.342 e. The molecule has 2 N–H and O–H groups in total. The lowest BCUT2D eigenvalue weighted by molar-refractivity contribution is -0.684. The highest BCUT2D eigenvalue weighted by Crippen LogP contribution is 2.63. The zero-order valence-corrected chi connectivity index (χ0v) is 14.0. The fraction of sp³-hybridized carbons (Fsp3) is 0.667. The average Bonchev–Trinajstić information content (AvgIpc) is 2.38. The van der Waals surface area contributed by atoms with Gasteiger partial charge in [-0.05, 0) is 62.5 Å². The van der Waals surface area contributed by atoms with Crippen molar-refractivity contribution in [3.8, 4) is 0 Å². The average molecular weight is 325 g/mol. The second-order valence-electron chi connectivity index (χ2n) is 7.94. The molecule has 0 heterocycles. The Morgan fingerprint density at radius 3 is 2.33 bits per heavy atom. The molecule has 4 atom stereocenters. The molecule has 4 saturated carbocycles. The van der Waals surface area contributed by atoms with Crippen LogP contribution in [0, 0.1) is 17.3 Å². The van der Waals surface area contributed by atoms with Crippen LogP contribution in [0.5, 0.6) is 0 Å². The van der Waals surface area contributed by atoms with Gasteiger partial charge in [0.2, 0.25) is 0 Å². The van der Waals surface area contributed by atoms with Crippen LogP contribution in [-0.4, -0.2) is 11.4 Å². The van der Waals surface area contributed by atoms with Gasteiger partial charge in [-0.1, -0.05) is 23.7 Å². The molecule has 4 fully saturated rings. The van der Waals surface area contributed by atoms with Gasteiger partial charge in [-0.2, -0.15) is 0 Å². The van der Waals surface area contributed by atoms with Crippen LogP contribution in [0.15, 0.2) is 24.3 Å². The van der Waals surface area contributed by atoms with E-state index in [1.54, 1.807) is 0 Å². The van der Waals surface area contributed by atoms with Crippen LogP contribution in [0.2, 0.25) is 5.02 Å². The Labute approximate surface area is 137 Å². The minimum Gasteiger partial charge on any atom is -0.342 e. The normalized spacial score (nSPS) is 40.7. The van der Waals surface area contributed by atoms with E-state index in [1.807, 2.05) is 12.1 Å². The van der Waals surface area contributed by atoms with E-state index >= 15 is 0 Å². The van der Waals surface area contributed by atoms with Crippen molar-refractivity contribution < 1.29 is 5.32 Å². The van der Waals surface area contributed by atoms with Crippen LogP contribution >= 0.6 is 23.2 Å². The van der Waals surface area contributed by atoms with Crippen LogP contribution in [-0.2, 0) is 6.54 Å². The molecule has 4 aliphatic carbocycles. The zero-order chi connectivity index (χ0) is 14.5. The lowest BCUT2D eigenvalue weighted by atomic mass is 9.49. The molecule has 0 aromatic heterocycles. The van der Waals surface area contributed by atoms with E-state index in [-0.39, 0.29) is 4.87 Å². The Hall–Kier alpha value is -0.240. The Morgan fingerprint density at radius 2 is 1.71 bits per heavy atom. The molecule has 0 saturated heterocycles. The molecule has 0 spiro atoms. The summed E-state index contributed by atoms with van der Waals surface area (Å²) in [6.07, 6.45) is 8.12. The Morgan fingerprint density at radius 1 is 1.05 bits per heavy atom. The van der Waals surface area contributed by atoms with Crippen LogP contribution in [0.1, 0.15) is 44.1 Å². The van der Waals surface area contributed by atoms with Crippen molar-refractivity contribution in [1.29, 1.82) is 0 Å². The number of rotatable bonds is 4. The van der Waals surface area contributed by atoms with Crippen molar-refractivity contribution in [2.24, 2.45) is 17.3 Å². The van der Waals surface area contributed by atoms with Gasteiger partial charge >= 0.3 is 0 Å². The summed E-state index contributed by atoms with van der Waals surface area (Å²) in [5.41, 5.74) is 1.89. The lowest BCUT2D eigenvalue weighted by Crippen LogP contribution is -2.86. The minimum atomic E-state index is 0.151. The van der Waals surface area contributed by atoms with Gasteiger partial charge in [0.25, 0.3) is 0 Å². The first-order valence-electron chi connectivity index (χ1n) is 8.29. The third kappa shape index (κ3) is 2.85. The molecule has 0 amide bonds. The summed E-state index contributed by atoms with van der Waals surface area (Å²) in [6.45, 7) is 2.31. The number of nitrogens with two attached hydrogens (primary N) is 1. The SMILES string of the molecule is Clc1ccc(C[NH2+]CC23C[C@@H]4C[C@@H](CC(Cl)(C4)C2)C3)cc1. The number of hydrogen-bond acceptors (Lipinski definition) is 0. The molecule has 4 aliphatic rings. The first kappa shape index (κ1) is 14.4. The molecule has 114 valence electrons. The Balaban J connectivity index is 1.39. The molecule has 2 unspecified atom stereocenters. The molecule has 1 aromatic carbocycles. The molecule has 0 aliphatic heterocycles. The summed E-state index contributed by atoms with van der Waals surface area (Å²) >= 11 is 12.9. The fourth-order valence-electron chi connectivity index (χ4n) is 5.74. The second kappa shape index (κ2) is 5.15. The topological polar surface area (TPSA) is 16.6 Å². The Kier molecular flexibility index (Phi) is 3.52. The molecule has 1 aromatic rings. The molecule has 3 heteroatoms. The van der Waals surface area contributed by atoms with Crippen molar-refractivity contribution in [2.45, 2.75) is 49.9 Å². The summed E-state index contributed by atoms with van der Waals surface area (Å²) in [5, 5.41) is 3.32. The van der Waals surface area contributed by atoms with Gasteiger partial charge in [0.15, 0.2) is 0 Å². The van der Waals surface area contributed by atoms with Gasteiger partial charge in [-0.15, -0.1) is 11.6 Å². The minimum absolute atomic E-state index is 0.151. The standard InChI is InChI=1S/C18H23Cl2N/c19-16-3-1-13(2-4-16)10-21-12-17-6-14-5-15(7-17)9-18(20,8-14)11-17/h1-4,14-15,21H,5-12H2/p+1/t14-,15+,17?,18?. The highest BCUT2D eigenvalue weighted by Gasteiger charge is 2.57. The molecule has 5 rings (SSSR count). The molecular formula is C18H24Cl2N+. The van der Waals surface area contributed by atoms with Crippen LogP contribution in [0.25, 0.3) is 0 Å². The summed E-state index contributed by atoms with van der Waals surface area (Å²) in [4.78, 5) is 0.151. The second-order valence-corrected chi connectivity index (χ2v) is 9.17. The van der Waals surface area contributed by atoms with Gasteiger partial charge in [0.05, 0.1) is 6.54 Å². The first-order valence-corrected chi connectivity index (χ1v) is 9.05. The molecule has 1 nitrogen and oxygen atoms in total. The predicted octanol–water partition coefficient (Wildman–Crippen LogP) is 3.98. The highest BCUT2D eigenvalue weighted by atomic mass is 35.5. The summed E-state index contributed by atoms with van der Waals surface area (Å²) in [6, 6.07) is 8.26. The fourth-order valence-corrected chi connectivity index (χ4v) is 6.59. The number of alkyl halides is 1. The van der Waals surface area contributed by atoms with Gasteiger partial charge in [0.1, 0.15) is 6.54 Å². The van der Waals surface area contributed by atoms with E-state index in [0.717, 1.165) is 23.4 Å². The highest BCUT2D eigenvalue weighted by molar-refractivity contribution is 6.30. The molecular weight excluding hydrogens is 301 g/mol. The van der Waals surface area contributed by atoms with Gasteiger partial charge in [0, 0.05) is 20.9 Å². The van der Waals surface area contributed by atoms with Gasteiger partial charge < -0.3 is 5.32 Å². The van der Waals surface area contributed by atoms with Crippen LogP contribution in [0.3, 0.4) is 0 Å². The van der Waals surface area contributed by atoms with Crippen molar-refractivity contribution in [2.75, 3.05) is 6.54 Å². The van der Waals surface area contributed by atoms with Crippen LogP contribution < -0.4 is 5.32 Å². The predicted molar refractivity (Wildman–Crippen MR) is 87.6 cm³/mol. The number of halogens is 2. The van der Waals surface area contributed by atoms with E-state index in [4.69, 9.17) is 23.2 Å². The number of quaternary nitrogens is 1. The third-order valence-electron chi connectivity index (χ3n) is 5.98. The third-order valence-corrected chi connectivity index (χ3v) is 6.68. The maximum absolute atomic E-state index is 6.91. The summed E-state index contributed by atoms with van der Waals surface area (Å²) in [7, 11) is 0. The van der Waals surface area contributed by atoms with Crippen molar-refractivity contribution >= 4 is 23.2 Å². The number of hydrogen-bond donors (Lipinski definition) is 1. The first-order chi connectivity index (χ1) is 10.0. The smallest absolute Gasteiger partial charge is 0.101 e. The van der Waals surface area contributed by atoms with Crippen molar-refractivity contribution in [3.63, 3.8) is 0 Å².